The van der Waals surface area contributed by atoms with Gasteiger partial charge in [-0.15, -0.1) is 10.2 Å². The number of halogens is 1. The highest BCUT2D eigenvalue weighted by Gasteiger charge is 2.15. The van der Waals surface area contributed by atoms with Crippen LogP contribution in [0.15, 0.2) is 61.1 Å². The summed E-state index contributed by atoms with van der Waals surface area (Å²) >= 11 is 0. The molecule has 4 N–H and O–H groups in total. The van der Waals surface area contributed by atoms with Gasteiger partial charge in [0.1, 0.15) is 34.6 Å². The van der Waals surface area contributed by atoms with E-state index in [2.05, 4.69) is 30.7 Å². The first-order valence-corrected chi connectivity index (χ1v) is 9.72. The molecule has 1 aromatic carbocycles. The third kappa shape index (κ3) is 3.55. The zero-order chi connectivity index (χ0) is 22.2. The molecular weight excluding hydrogens is 413 g/mol. The summed E-state index contributed by atoms with van der Waals surface area (Å²) in [7, 11) is 0. The first-order chi connectivity index (χ1) is 15.5. The van der Waals surface area contributed by atoms with Gasteiger partial charge in [0.05, 0.1) is 30.3 Å². The summed E-state index contributed by atoms with van der Waals surface area (Å²) in [6.07, 6.45) is 5.00. The number of nitrogen functional groups attached to an aromatic ring is 1. The zero-order valence-corrected chi connectivity index (χ0v) is 16.9. The molecule has 0 unspecified atom stereocenters. The number of phenolic OH excluding ortho intramolecular Hbond substituents is 1. The van der Waals surface area contributed by atoms with Crippen molar-refractivity contribution >= 4 is 17.3 Å². The van der Waals surface area contributed by atoms with Crippen molar-refractivity contribution in [3.05, 3.63) is 72.4 Å². The Morgan fingerprint density at radius 2 is 1.97 bits per heavy atom. The lowest BCUT2D eigenvalue weighted by atomic mass is 10.1. The minimum atomic E-state index is -0.425. The highest BCUT2D eigenvalue weighted by Crippen LogP contribution is 2.27. The molecule has 32 heavy (non-hydrogen) atoms. The van der Waals surface area contributed by atoms with Gasteiger partial charge in [0.15, 0.2) is 5.65 Å². The largest absolute Gasteiger partial charge is 0.508 e. The number of pyridine rings is 1. The molecule has 5 aromatic rings. The van der Waals surface area contributed by atoms with E-state index in [4.69, 9.17) is 5.73 Å². The van der Waals surface area contributed by atoms with Gasteiger partial charge in [0.25, 0.3) is 0 Å². The molecule has 11 heteroatoms. The number of fused-ring (bicyclic) bond motifs is 1. The molecule has 160 valence electrons. The van der Waals surface area contributed by atoms with Gasteiger partial charge in [-0.3, -0.25) is 0 Å². The Balaban J connectivity index is 1.45. The Bertz CT molecular complexity index is 1410. The van der Waals surface area contributed by atoms with Gasteiger partial charge in [0, 0.05) is 5.56 Å². The first kappa shape index (κ1) is 19.4. The van der Waals surface area contributed by atoms with Crippen molar-refractivity contribution < 1.29 is 9.50 Å². The van der Waals surface area contributed by atoms with Crippen LogP contribution < -0.4 is 11.1 Å². The molecule has 10 nitrogen and oxygen atoms in total. The Morgan fingerprint density at radius 3 is 2.78 bits per heavy atom. The number of nitrogens with two attached hydrogens (primary N) is 1. The molecule has 0 amide bonds. The van der Waals surface area contributed by atoms with E-state index < -0.39 is 5.82 Å². The average Bonchev–Trinajstić information content (AvgIpc) is 3.43. The van der Waals surface area contributed by atoms with Crippen LogP contribution in [0.3, 0.4) is 0 Å². The number of hydrogen-bond acceptors (Lipinski definition) is 8. The normalized spacial score (nSPS) is 12.2. The Morgan fingerprint density at radius 1 is 1.09 bits per heavy atom. The van der Waals surface area contributed by atoms with Crippen molar-refractivity contribution in [2.24, 2.45) is 0 Å². The van der Waals surface area contributed by atoms with Gasteiger partial charge >= 0.3 is 0 Å². The van der Waals surface area contributed by atoms with Crippen molar-refractivity contribution in [1.82, 2.24) is 34.6 Å². The lowest BCUT2D eigenvalue weighted by molar-refractivity contribution is 0.462. The predicted octanol–water partition coefficient (Wildman–Crippen LogP) is 2.97. The number of anilines is 2. The maximum atomic E-state index is 13.6. The van der Waals surface area contributed by atoms with Crippen LogP contribution in [0.1, 0.15) is 18.5 Å². The van der Waals surface area contributed by atoms with Crippen molar-refractivity contribution in [1.29, 1.82) is 0 Å². The summed E-state index contributed by atoms with van der Waals surface area (Å²) < 4.78 is 16.8. The molecule has 0 bridgehead atoms. The smallest absolute Gasteiger partial charge is 0.154 e. The van der Waals surface area contributed by atoms with E-state index >= 15 is 0 Å². The fourth-order valence-corrected chi connectivity index (χ4v) is 3.34. The number of nitrogens with zero attached hydrogens (tertiary/aromatic N) is 7. The number of aromatic hydroxyl groups is 1. The quantitative estimate of drug-likeness (QED) is 0.387. The third-order valence-corrected chi connectivity index (χ3v) is 4.97. The highest BCUT2D eigenvalue weighted by molar-refractivity contribution is 5.60. The highest BCUT2D eigenvalue weighted by atomic mass is 19.1. The van der Waals surface area contributed by atoms with Crippen LogP contribution in [-0.4, -0.2) is 39.7 Å². The van der Waals surface area contributed by atoms with Gasteiger partial charge in [-0.2, -0.15) is 0 Å². The van der Waals surface area contributed by atoms with Crippen LogP contribution in [0.4, 0.5) is 16.0 Å². The first-order valence-electron chi connectivity index (χ1n) is 9.72. The Kier molecular flexibility index (Phi) is 4.62. The molecule has 0 radical (unpaired) electrons. The van der Waals surface area contributed by atoms with E-state index in [1.54, 1.807) is 59.0 Å². The molecule has 0 fully saturated rings. The number of rotatable bonds is 5. The average molecular weight is 431 g/mol. The monoisotopic (exact) mass is 431 g/mol. The van der Waals surface area contributed by atoms with Crippen molar-refractivity contribution in [3.63, 3.8) is 0 Å². The maximum absolute atomic E-state index is 13.6. The number of hydrogen-bond donors (Lipinski definition) is 3. The van der Waals surface area contributed by atoms with Crippen LogP contribution in [0, 0.1) is 5.82 Å². The summed E-state index contributed by atoms with van der Waals surface area (Å²) in [6.45, 7) is 1.81. The van der Waals surface area contributed by atoms with Crippen molar-refractivity contribution in [2.45, 2.75) is 13.0 Å². The van der Waals surface area contributed by atoms with Crippen molar-refractivity contribution in [3.8, 4) is 22.8 Å². The summed E-state index contributed by atoms with van der Waals surface area (Å²) in [5.74, 6) is 0.514. The van der Waals surface area contributed by atoms with Gasteiger partial charge in [-0.05, 0) is 49.4 Å². The number of benzene rings is 1. The molecule has 0 saturated carbocycles. The van der Waals surface area contributed by atoms with E-state index in [9.17, 15) is 9.50 Å². The van der Waals surface area contributed by atoms with Crippen LogP contribution in [0.5, 0.6) is 5.75 Å². The Labute approximate surface area is 181 Å². The summed E-state index contributed by atoms with van der Waals surface area (Å²) in [5, 5.41) is 26.2. The minimum absolute atomic E-state index is 0.00423. The number of aromatic nitrogens is 7. The minimum Gasteiger partial charge on any atom is -0.508 e. The summed E-state index contributed by atoms with van der Waals surface area (Å²) in [4.78, 5) is 8.43. The number of phenols is 1. The fraction of sp³-hybridized carbons (Fsp3) is 0.0952. The molecule has 0 saturated heterocycles. The van der Waals surface area contributed by atoms with Gasteiger partial charge in [-0.25, -0.2) is 23.6 Å². The molecule has 1 atom stereocenters. The van der Waals surface area contributed by atoms with Crippen LogP contribution >= 0.6 is 0 Å². The topological polar surface area (TPSA) is 132 Å². The van der Waals surface area contributed by atoms with Crippen LogP contribution in [-0.2, 0) is 0 Å². The number of imidazole rings is 1. The van der Waals surface area contributed by atoms with E-state index in [1.807, 2.05) is 0 Å². The van der Waals surface area contributed by atoms with E-state index in [1.165, 1.54) is 18.2 Å². The molecule has 4 aromatic heterocycles. The van der Waals surface area contributed by atoms with Crippen LogP contribution in [0.2, 0.25) is 0 Å². The molecule has 4 heterocycles. The summed E-state index contributed by atoms with van der Waals surface area (Å²) in [6, 6.07) is 10.5. The lowest BCUT2D eigenvalue weighted by Crippen LogP contribution is -2.10. The van der Waals surface area contributed by atoms with Gasteiger partial charge in [0.2, 0.25) is 0 Å². The molecule has 5 rings (SSSR count). The Hall–Kier alpha value is -4.54. The standard InChI is InChI=1S/C21H18FN9O/c1-12(15-8-13(22)2-4-18(15)32)26-20-6-7-21-25-10-17(31(21)28-20)16-11-30(29-27-16)14-3-5-19(23)24-9-14/h2-12,32H,1H3,(H2,23,24)(H,26,28)/t12-/m1/s1. The predicted molar refractivity (Wildman–Crippen MR) is 116 cm³/mol. The second-order valence-corrected chi connectivity index (χ2v) is 7.19. The summed E-state index contributed by atoms with van der Waals surface area (Å²) in [5.41, 5.74) is 8.60. The van der Waals surface area contributed by atoms with Gasteiger partial charge in [-0.1, -0.05) is 5.21 Å². The molecule has 0 aliphatic rings. The number of nitrogens with one attached hydrogen (secondary N) is 1. The van der Waals surface area contributed by atoms with E-state index in [0.29, 0.717) is 39.9 Å². The molecule has 0 aliphatic heterocycles. The maximum Gasteiger partial charge on any atom is 0.154 e. The molecule has 0 aliphatic carbocycles. The van der Waals surface area contributed by atoms with Gasteiger partial charge < -0.3 is 16.2 Å². The molecule has 0 spiro atoms. The zero-order valence-electron chi connectivity index (χ0n) is 16.9. The lowest BCUT2D eigenvalue weighted by Gasteiger charge is -2.16. The van der Waals surface area contributed by atoms with E-state index in [-0.39, 0.29) is 11.8 Å². The van der Waals surface area contributed by atoms with Crippen LogP contribution in [0.25, 0.3) is 22.7 Å². The SMILES string of the molecule is C[C@@H](Nc1ccc2ncc(-c3cn(-c4ccc(N)nc4)nn3)n2n1)c1cc(F)ccc1O. The van der Waals surface area contributed by atoms with Crippen molar-refractivity contribution in [2.75, 3.05) is 11.1 Å². The fourth-order valence-electron chi connectivity index (χ4n) is 3.34. The second kappa shape index (κ2) is 7.61. The third-order valence-electron chi connectivity index (χ3n) is 4.97. The molecular formula is C21H18FN9O. The second-order valence-electron chi connectivity index (χ2n) is 7.19. The van der Waals surface area contributed by atoms with E-state index in [0.717, 1.165) is 0 Å².